The molecule has 2 amide bonds. The van der Waals surface area contributed by atoms with Gasteiger partial charge < -0.3 is 25.2 Å². The van der Waals surface area contributed by atoms with Gasteiger partial charge in [0, 0.05) is 6.42 Å². The van der Waals surface area contributed by atoms with Crippen LogP contribution in [0.25, 0.3) is 0 Å². The van der Waals surface area contributed by atoms with E-state index >= 15 is 0 Å². The molecule has 0 heterocycles. The number of rotatable bonds is 9. The van der Waals surface area contributed by atoms with Crippen molar-refractivity contribution in [3.63, 3.8) is 0 Å². The molecule has 2 aromatic carbocycles. The number of benzene rings is 2. The average Bonchev–Trinajstić information content (AvgIpc) is 2.79. The lowest BCUT2D eigenvalue weighted by Gasteiger charge is -2.22. The number of nitrogens with one attached hydrogen (secondary N) is 2. The van der Waals surface area contributed by atoms with Crippen molar-refractivity contribution in [1.82, 2.24) is 10.6 Å². The zero-order valence-corrected chi connectivity index (χ0v) is 18.1. The van der Waals surface area contributed by atoms with Gasteiger partial charge >= 0.3 is 12.1 Å². The predicted octanol–water partition coefficient (Wildman–Crippen LogP) is 1.76. The number of carbonyl (C=O) groups excluding carboxylic acids is 4. The van der Waals surface area contributed by atoms with Crippen molar-refractivity contribution in [3.8, 4) is 5.75 Å². The number of Topliss-reactive ketones (excluding diaryl/α,β-unsaturated/α-hetero) is 1. The monoisotopic (exact) mass is 442 g/mol. The van der Waals surface area contributed by atoms with E-state index in [9.17, 15) is 24.3 Å². The molecule has 2 rings (SSSR count). The van der Waals surface area contributed by atoms with Crippen LogP contribution < -0.4 is 10.6 Å². The minimum atomic E-state index is -0.975. The first-order valence-corrected chi connectivity index (χ1v) is 9.84. The number of carbonyl (C=O) groups is 4. The molecule has 0 spiro atoms. The molecule has 2 unspecified atom stereocenters. The molecule has 0 aliphatic heterocycles. The zero-order chi connectivity index (χ0) is 23.7. The first kappa shape index (κ1) is 24.4. The van der Waals surface area contributed by atoms with Crippen molar-refractivity contribution in [2.24, 2.45) is 0 Å². The molecule has 9 heteroatoms. The normalized spacial score (nSPS) is 12.2. The Bertz CT molecular complexity index is 976. The summed E-state index contributed by atoms with van der Waals surface area (Å²) in [6.45, 7) is 1.33. The van der Waals surface area contributed by atoms with E-state index in [2.05, 4.69) is 20.1 Å². The summed E-state index contributed by atoms with van der Waals surface area (Å²) in [7, 11) is 2.38. The molecular formula is C23H26N2O7. The minimum absolute atomic E-state index is 0.0482. The van der Waals surface area contributed by atoms with Gasteiger partial charge in [-0.25, -0.2) is 9.59 Å². The Balaban J connectivity index is 2.20. The molecule has 0 aliphatic carbocycles. The van der Waals surface area contributed by atoms with Gasteiger partial charge in [-0.3, -0.25) is 9.59 Å². The zero-order valence-electron chi connectivity index (χ0n) is 18.1. The lowest BCUT2D eigenvalue weighted by atomic mass is 9.99. The quantitative estimate of drug-likeness (QED) is 0.504. The number of phenolic OH excluding ortho intramolecular Hbond substituents is 1. The lowest BCUT2D eigenvalue weighted by Crippen LogP contribution is -2.52. The molecule has 32 heavy (non-hydrogen) atoms. The molecule has 0 aliphatic rings. The Kier molecular flexibility index (Phi) is 8.76. The molecule has 0 bridgehead atoms. The van der Waals surface area contributed by atoms with E-state index in [0.717, 1.165) is 5.56 Å². The predicted molar refractivity (Wildman–Crippen MR) is 115 cm³/mol. The van der Waals surface area contributed by atoms with Crippen LogP contribution >= 0.6 is 0 Å². The summed E-state index contributed by atoms with van der Waals surface area (Å²) in [5.41, 5.74) is 1.29. The second-order valence-electron chi connectivity index (χ2n) is 7.10. The van der Waals surface area contributed by atoms with Crippen LogP contribution in [0.5, 0.6) is 5.75 Å². The van der Waals surface area contributed by atoms with E-state index in [0.29, 0.717) is 5.56 Å². The topological polar surface area (TPSA) is 131 Å². The number of ketones is 1. The van der Waals surface area contributed by atoms with E-state index in [-0.39, 0.29) is 29.9 Å². The van der Waals surface area contributed by atoms with Gasteiger partial charge in [0.15, 0.2) is 5.78 Å². The number of amides is 2. The summed E-state index contributed by atoms with van der Waals surface area (Å²) in [5.74, 6) is -1.86. The molecule has 3 N–H and O–H groups in total. The SMILES string of the molecule is COC(=O)NC(Cc1ccccc1)C(=O)NC(Cc1ccc(O)c(C(=O)OC)c1)C(C)=O. The van der Waals surface area contributed by atoms with E-state index < -0.39 is 30.1 Å². The van der Waals surface area contributed by atoms with Gasteiger partial charge in [0.05, 0.1) is 20.3 Å². The van der Waals surface area contributed by atoms with Gasteiger partial charge in [-0.2, -0.15) is 0 Å². The molecular weight excluding hydrogens is 416 g/mol. The van der Waals surface area contributed by atoms with Crippen LogP contribution in [0.15, 0.2) is 48.5 Å². The first-order valence-electron chi connectivity index (χ1n) is 9.84. The Morgan fingerprint density at radius 3 is 2.12 bits per heavy atom. The molecule has 170 valence electrons. The molecule has 0 aromatic heterocycles. The summed E-state index contributed by atoms with van der Waals surface area (Å²) < 4.78 is 9.25. The van der Waals surface area contributed by atoms with Crippen molar-refractivity contribution < 1.29 is 33.8 Å². The van der Waals surface area contributed by atoms with Crippen LogP contribution in [0.2, 0.25) is 0 Å². The molecule has 2 atom stereocenters. The first-order chi connectivity index (χ1) is 15.2. The highest BCUT2D eigenvalue weighted by atomic mass is 16.5. The highest BCUT2D eigenvalue weighted by Gasteiger charge is 2.26. The number of methoxy groups -OCH3 is 2. The van der Waals surface area contributed by atoms with Crippen LogP contribution in [0.4, 0.5) is 4.79 Å². The van der Waals surface area contributed by atoms with Crippen LogP contribution in [0.1, 0.15) is 28.4 Å². The second kappa shape index (κ2) is 11.5. The Morgan fingerprint density at radius 1 is 0.875 bits per heavy atom. The van der Waals surface area contributed by atoms with Crippen LogP contribution in [-0.2, 0) is 31.9 Å². The van der Waals surface area contributed by atoms with E-state index in [1.165, 1.54) is 39.3 Å². The highest BCUT2D eigenvalue weighted by molar-refractivity contribution is 5.93. The minimum Gasteiger partial charge on any atom is -0.507 e. The van der Waals surface area contributed by atoms with Gasteiger partial charge in [-0.05, 0) is 36.6 Å². The van der Waals surface area contributed by atoms with E-state index in [4.69, 9.17) is 0 Å². The molecule has 2 aromatic rings. The standard InChI is InChI=1S/C23H26N2O7/c1-14(26)18(13-16-9-10-20(27)17(11-16)22(29)31-2)24-21(28)19(25-23(30)32-3)12-15-7-5-4-6-8-15/h4-11,18-19,27H,12-13H2,1-3H3,(H,24,28)(H,25,30). The van der Waals surface area contributed by atoms with Gasteiger partial charge in [0.1, 0.15) is 17.4 Å². The van der Waals surface area contributed by atoms with Crippen molar-refractivity contribution in [3.05, 3.63) is 65.2 Å². The summed E-state index contributed by atoms with van der Waals surface area (Å²) in [5, 5.41) is 15.0. The number of ether oxygens (including phenoxy) is 2. The maximum absolute atomic E-state index is 12.9. The third kappa shape index (κ3) is 6.83. The fraction of sp³-hybridized carbons (Fsp3) is 0.304. The largest absolute Gasteiger partial charge is 0.507 e. The summed E-state index contributed by atoms with van der Waals surface area (Å²) in [4.78, 5) is 48.7. The van der Waals surface area contributed by atoms with Crippen molar-refractivity contribution in [1.29, 1.82) is 0 Å². The van der Waals surface area contributed by atoms with Gasteiger partial charge in [0.25, 0.3) is 0 Å². The number of hydrogen-bond acceptors (Lipinski definition) is 7. The summed E-state index contributed by atoms with van der Waals surface area (Å²) >= 11 is 0. The van der Waals surface area contributed by atoms with Crippen LogP contribution in [0, 0.1) is 0 Å². The van der Waals surface area contributed by atoms with Crippen LogP contribution in [0.3, 0.4) is 0 Å². The molecule has 0 radical (unpaired) electrons. The third-order valence-electron chi connectivity index (χ3n) is 4.79. The van der Waals surface area contributed by atoms with Crippen molar-refractivity contribution >= 4 is 23.8 Å². The number of aromatic hydroxyl groups is 1. The summed E-state index contributed by atoms with van der Waals surface area (Å²) in [6.07, 6.45) is -0.513. The molecule has 0 saturated carbocycles. The number of phenols is 1. The smallest absolute Gasteiger partial charge is 0.407 e. The average molecular weight is 442 g/mol. The fourth-order valence-electron chi connectivity index (χ4n) is 3.05. The Hall–Kier alpha value is -3.88. The van der Waals surface area contributed by atoms with Gasteiger partial charge in [-0.1, -0.05) is 36.4 Å². The molecule has 0 fully saturated rings. The summed E-state index contributed by atoms with van der Waals surface area (Å²) in [6, 6.07) is 11.4. The number of esters is 1. The lowest BCUT2D eigenvalue weighted by molar-refractivity contribution is -0.128. The fourth-order valence-corrected chi connectivity index (χ4v) is 3.05. The van der Waals surface area contributed by atoms with Gasteiger partial charge in [0.2, 0.25) is 5.91 Å². The highest BCUT2D eigenvalue weighted by Crippen LogP contribution is 2.20. The molecule has 0 saturated heterocycles. The maximum Gasteiger partial charge on any atom is 0.407 e. The van der Waals surface area contributed by atoms with E-state index in [1.54, 1.807) is 0 Å². The van der Waals surface area contributed by atoms with Crippen molar-refractivity contribution in [2.75, 3.05) is 14.2 Å². The maximum atomic E-state index is 12.9. The van der Waals surface area contributed by atoms with Gasteiger partial charge in [-0.15, -0.1) is 0 Å². The second-order valence-corrected chi connectivity index (χ2v) is 7.10. The molecule has 9 nitrogen and oxygen atoms in total. The number of hydrogen-bond donors (Lipinski definition) is 3. The third-order valence-corrected chi connectivity index (χ3v) is 4.79. The van der Waals surface area contributed by atoms with E-state index in [1.807, 2.05) is 30.3 Å². The van der Waals surface area contributed by atoms with Crippen LogP contribution in [-0.4, -0.2) is 55.2 Å². The number of alkyl carbamates (subject to hydrolysis) is 1. The Labute approximate surface area is 185 Å². The van der Waals surface area contributed by atoms with Crippen molar-refractivity contribution in [2.45, 2.75) is 31.8 Å². The Morgan fingerprint density at radius 2 is 1.53 bits per heavy atom.